The molecule has 204 valence electrons. The molecular weight excluding hydrogens is 511 g/mol. The molecule has 0 aliphatic heterocycles. The Balaban J connectivity index is 1.07. The summed E-state index contributed by atoms with van der Waals surface area (Å²) in [5, 5.41) is 6.01. The maximum absolute atomic E-state index is 13.3. The maximum atomic E-state index is 13.3. The molecule has 0 spiro atoms. The second-order valence-corrected chi connectivity index (χ2v) is 10.3. The van der Waals surface area contributed by atoms with Crippen LogP contribution < -0.4 is 10.1 Å². The third-order valence-electron chi connectivity index (χ3n) is 7.41. The highest BCUT2D eigenvalue weighted by molar-refractivity contribution is 6.12. The number of nitrogens with one attached hydrogen (secondary N) is 1. The molecule has 1 heterocycles. The van der Waals surface area contributed by atoms with E-state index in [0.717, 1.165) is 24.4 Å². The van der Waals surface area contributed by atoms with Crippen LogP contribution >= 0.6 is 0 Å². The number of para-hydroxylation sites is 3. The zero-order valence-electron chi connectivity index (χ0n) is 22.9. The highest BCUT2D eigenvalue weighted by atomic mass is 19.1. The van der Waals surface area contributed by atoms with Crippen LogP contribution in [0.5, 0.6) is 5.75 Å². The van der Waals surface area contributed by atoms with Crippen molar-refractivity contribution in [2.75, 3.05) is 11.9 Å². The molecule has 0 aliphatic carbocycles. The van der Waals surface area contributed by atoms with Gasteiger partial charge in [0.05, 0.1) is 6.54 Å². The number of ether oxygens (including phenoxy) is 1. The van der Waals surface area contributed by atoms with Gasteiger partial charge in [0.1, 0.15) is 18.2 Å². The number of hydrogen-bond donors (Lipinski definition) is 1. The summed E-state index contributed by atoms with van der Waals surface area (Å²) < 4.78 is 21.8. The highest BCUT2D eigenvalue weighted by Gasteiger charge is 2.15. The number of ketones is 1. The predicted octanol–water partition coefficient (Wildman–Crippen LogP) is 8.29. The van der Waals surface area contributed by atoms with E-state index in [4.69, 9.17) is 4.74 Å². The number of aromatic nitrogens is 1. The van der Waals surface area contributed by atoms with Crippen molar-refractivity contribution >= 4 is 33.3 Å². The standard InChI is InChI=1S/C36H31FN2O2/c1-25(38-33-11-5-2-10-32(33)36(40)27-16-18-28(37)19-17-27)24-26-14-20-29(21-15-26)41-23-22-39-34-12-6-3-8-30(34)31-9-4-7-13-35(31)39/h2-21,25,38H,22-24H2,1H3. The van der Waals surface area contributed by atoms with Crippen molar-refractivity contribution in [1.29, 1.82) is 0 Å². The first-order valence-electron chi connectivity index (χ1n) is 13.9. The number of halogens is 1. The Kier molecular flexibility index (Phi) is 7.50. The minimum atomic E-state index is -0.360. The van der Waals surface area contributed by atoms with Crippen LogP contribution in [0.3, 0.4) is 0 Å². The summed E-state index contributed by atoms with van der Waals surface area (Å²) in [7, 11) is 0. The van der Waals surface area contributed by atoms with E-state index in [9.17, 15) is 9.18 Å². The van der Waals surface area contributed by atoms with Gasteiger partial charge in [-0.1, -0.05) is 60.7 Å². The number of carbonyl (C=O) groups excluding carboxylic acids is 1. The SMILES string of the molecule is CC(Cc1ccc(OCCn2c3ccccc3c3ccccc32)cc1)Nc1ccccc1C(=O)c1ccc(F)cc1. The quantitative estimate of drug-likeness (QED) is 0.177. The lowest BCUT2D eigenvalue weighted by Crippen LogP contribution is -2.20. The van der Waals surface area contributed by atoms with Gasteiger partial charge in [0.2, 0.25) is 0 Å². The third-order valence-corrected chi connectivity index (χ3v) is 7.41. The zero-order chi connectivity index (χ0) is 28.2. The van der Waals surface area contributed by atoms with Gasteiger partial charge in [-0.3, -0.25) is 4.79 Å². The van der Waals surface area contributed by atoms with Gasteiger partial charge in [0.25, 0.3) is 0 Å². The normalized spacial score (nSPS) is 12.0. The van der Waals surface area contributed by atoms with Crippen LogP contribution in [0.15, 0.2) is 121 Å². The number of anilines is 1. The first kappa shape index (κ1) is 26.3. The van der Waals surface area contributed by atoms with Gasteiger partial charge in [0, 0.05) is 44.7 Å². The van der Waals surface area contributed by atoms with E-state index in [-0.39, 0.29) is 17.6 Å². The monoisotopic (exact) mass is 542 g/mol. The Morgan fingerprint density at radius 2 is 1.39 bits per heavy atom. The lowest BCUT2D eigenvalue weighted by Gasteiger charge is -2.18. The first-order valence-corrected chi connectivity index (χ1v) is 13.9. The van der Waals surface area contributed by atoms with E-state index in [1.165, 1.54) is 51.6 Å². The number of nitrogens with zero attached hydrogens (tertiary/aromatic N) is 1. The van der Waals surface area contributed by atoms with Gasteiger partial charge in [0.15, 0.2) is 5.78 Å². The molecule has 0 fully saturated rings. The molecule has 1 N–H and O–H groups in total. The van der Waals surface area contributed by atoms with E-state index in [1.54, 1.807) is 6.07 Å². The summed E-state index contributed by atoms with van der Waals surface area (Å²) in [5.74, 6) is 0.342. The molecule has 1 unspecified atom stereocenters. The van der Waals surface area contributed by atoms with Crippen LogP contribution in [0.1, 0.15) is 28.4 Å². The molecule has 0 saturated carbocycles. The van der Waals surface area contributed by atoms with Crippen molar-refractivity contribution in [2.45, 2.75) is 25.9 Å². The Morgan fingerprint density at radius 3 is 2.07 bits per heavy atom. The van der Waals surface area contributed by atoms with E-state index >= 15 is 0 Å². The van der Waals surface area contributed by atoms with E-state index in [0.29, 0.717) is 17.7 Å². The van der Waals surface area contributed by atoms with Crippen LogP contribution in [0, 0.1) is 5.82 Å². The van der Waals surface area contributed by atoms with E-state index in [1.807, 2.05) is 30.3 Å². The fourth-order valence-electron chi connectivity index (χ4n) is 5.45. The van der Waals surface area contributed by atoms with Crippen molar-refractivity contribution in [3.05, 3.63) is 144 Å². The first-order chi connectivity index (χ1) is 20.1. The lowest BCUT2D eigenvalue weighted by molar-refractivity contribution is 0.103. The van der Waals surface area contributed by atoms with E-state index < -0.39 is 0 Å². The van der Waals surface area contributed by atoms with Crippen LogP contribution in [-0.4, -0.2) is 23.0 Å². The zero-order valence-corrected chi connectivity index (χ0v) is 22.9. The molecule has 0 aliphatic rings. The van der Waals surface area contributed by atoms with Crippen LogP contribution in [-0.2, 0) is 13.0 Å². The lowest BCUT2D eigenvalue weighted by atomic mass is 10.0. The summed E-state index contributed by atoms with van der Waals surface area (Å²) in [6.07, 6.45) is 0.778. The summed E-state index contributed by atoms with van der Waals surface area (Å²) in [6, 6.07) is 38.4. The number of benzene rings is 5. The largest absolute Gasteiger partial charge is 0.492 e. The number of hydrogen-bond acceptors (Lipinski definition) is 3. The van der Waals surface area contributed by atoms with Crippen molar-refractivity contribution in [3.63, 3.8) is 0 Å². The second kappa shape index (κ2) is 11.7. The van der Waals surface area contributed by atoms with Crippen molar-refractivity contribution in [1.82, 2.24) is 4.57 Å². The van der Waals surface area contributed by atoms with Gasteiger partial charge in [-0.05, 0) is 79.6 Å². The Hall–Kier alpha value is -4.90. The second-order valence-electron chi connectivity index (χ2n) is 10.3. The Morgan fingerprint density at radius 1 is 0.780 bits per heavy atom. The molecule has 1 aromatic heterocycles. The highest BCUT2D eigenvalue weighted by Crippen LogP contribution is 2.29. The summed E-state index contributed by atoms with van der Waals surface area (Å²) in [4.78, 5) is 13.1. The topological polar surface area (TPSA) is 43.3 Å². The molecule has 0 radical (unpaired) electrons. The summed E-state index contributed by atoms with van der Waals surface area (Å²) in [5.41, 5.74) is 5.39. The predicted molar refractivity (Wildman–Crippen MR) is 164 cm³/mol. The van der Waals surface area contributed by atoms with Gasteiger partial charge in [-0.25, -0.2) is 4.39 Å². The Labute approximate surface area is 239 Å². The molecule has 5 aromatic carbocycles. The smallest absolute Gasteiger partial charge is 0.195 e. The number of fused-ring (bicyclic) bond motifs is 3. The molecule has 5 heteroatoms. The molecule has 0 amide bonds. The molecule has 4 nitrogen and oxygen atoms in total. The van der Waals surface area contributed by atoms with Gasteiger partial charge in [-0.15, -0.1) is 0 Å². The molecule has 0 bridgehead atoms. The van der Waals surface area contributed by atoms with Crippen LogP contribution in [0.4, 0.5) is 10.1 Å². The van der Waals surface area contributed by atoms with E-state index in [2.05, 4.69) is 77.5 Å². The van der Waals surface area contributed by atoms with Gasteiger partial charge < -0.3 is 14.6 Å². The minimum Gasteiger partial charge on any atom is -0.492 e. The maximum Gasteiger partial charge on any atom is 0.195 e. The fraction of sp³-hybridized carbons (Fsp3) is 0.139. The number of carbonyl (C=O) groups is 1. The van der Waals surface area contributed by atoms with Crippen LogP contribution in [0.2, 0.25) is 0 Å². The minimum absolute atomic E-state index is 0.0826. The number of rotatable bonds is 10. The molecule has 6 rings (SSSR count). The van der Waals surface area contributed by atoms with Gasteiger partial charge >= 0.3 is 0 Å². The summed E-state index contributed by atoms with van der Waals surface area (Å²) >= 11 is 0. The van der Waals surface area contributed by atoms with Gasteiger partial charge in [-0.2, -0.15) is 0 Å². The fourth-order valence-corrected chi connectivity index (χ4v) is 5.45. The molecule has 0 saturated heterocycles. The summed E-state index contributed by atoms with van der Waals surface area (Å²) in [6.45, 7) is 3.42. The molecular formula is C36H31FN2O2. The average Bonchev–Trinajstić information content (AvgIpc) is 3.32. The van der Waals surface area contributed by atoms with Crippen molar-refractivity contribution in [2.24, 2.45) is 0 Å². The molecule has 1 atom stereocenters. The molecule has 41 heavy (non-hydrogen) atoms. The van der Waals surface area contributed by atoms with Crippen LogP contribution in [0.25, 0.3) is 21.8 Å². The van der Waals surface area contributed by atoms with Crippen molar-refractivity contribution in [3.8, 4) is 5.75 Å². The Bertz CT molecular complexity index is 1750. The average molecular weight is 543 g/mol. The third kappa shape index (κ3) is 5.71. The van der Waals surface area contributed by atoms with Crippen molar-refractivity contribution < 1.29 is 13.9 Å². The molecule has 6 aromatic rings.